The molecule has 96 valence electrons. The van der Waals surface area contributed by atoms with Gasteiger partial charge in [0.25, 0.3) is 0 Å². The van der Waals surface area contributed by atoms with Crippen LogP contribution in [0.2, 0.25) is 0 Å². The monoisotopic (exact) mass is 264 g/mol. The van der Waals surface area contributed by atoms with Crippen molar-refractivity contribution in [2.24, 2.45) is 0 Å². The number of thiocarbonyl (C=S) groups is 1. The zero-order valence-electron chi connectivity index (χ0n) is 10.5. The Morgan fingerprint density at radius 3 is 2.56 bits per heavy atom. The van der Waals surface area contributed by atoms with Crippen LogP contribution in [0.5, 0.6) is 5.75 Å². The van der Waals surface area contributed by atoms with Crippen molar-refractivity contribution in [3.05, 3.63) is 24.3 Å². The van der Waals surface area contributed by atoms with Gasteiger partial charge < -0.3 is 10.1 Å². The van der Waals surface area contributed by atoms with Crippen molar-refractivity contribution in [2.45, 2.75) is 26.4 Å². The van der Waals surface area contributed by atoms with Crippen LogP contribution in [0.3, 0.4) is 0 Å². The number of amides is 1. The molecule has 0 unspecified atom stereocenters. The lowest BCUT2D eigenvalue weighted by Crippen LogP contribution is -2.49. The topological polar surface area (TPSA) is 41.6 Å². The number of hydrogen-bond acceptors (Lipinski definition) is 3. The highest BCUT2D eigenvalue weighted by Crippen LogP contribution is 2.22. The number of carbonyl (C=O) groups is 1. The standard InChI is InChI=1S/C13H16N2O2S/c1-9(2)17-11-5-3-10(4-6-11)15-12(16)7-8-14-13(15)18/h3-6,9H,7-8H2,1-2H3,(H,14,18). The highest BCUT2D eigenvalue weighted by Gasteiger charge is 2.24. The molecule has 1 heterocycles. The predicted octanol–water partition coefficient (Wildman–Crippen LogP) is 2.08. The highest BCUT2D eigenvalue weighted by molar-refractivity contribution is 7.80. The van der Waals surface area contributed by atoms with E-state index < -0.39 is 0 Å². The minimum atomic E-state index is 0.0243. The lowest BCUT2D eigenvalue weighted by molar-refractivity contribution is -0.117. The van der Waals surface area contributed by atoms with Crippen molar-refractivity contribution in [3.8, 4) is 5.75 Å². The number of rotatable bonds is 3. The van der Waals surface area contributed by atoms with E-state index in [2.05, 4.69) is 5.32 Å². The first-order valence-electron chi connectivity index (χ1n) is 5.95. The molecular weight excluding hydrogens is 248 g/mol. The summed E-state index contributed by atoms with van der Waals surface area (Å²) in [4.78, 5) is 13.4. The molecule has 1 aliphatic rings. The Morgan fingerprint density at radius 2 is 2.00 bits per heavy atom. The minimum absolute atomic E-state index is 0.0243. The first-order chi connectivity index (χ1) is 8.58. The molecule has 4 nitrogen and oxygen atoms in total. The third-order valence-corrected chi connectivity index (χ3v) is 2.86. The second-order valence-electron chi connectivity index (χ2n) is 4.37. The Hall–Kier alpha value is -1.62. The molecule has 1 fully saturated rings. The average molecular weight is 264 g/mol. The van der Waals surface area contributed by atoms with Crippen LogP contribution in [0.15, 0.2) is 24.3 Å². The molecule has 0 aromatic heterocycles. The van der Waals surface area contributed by atoms with E-state index in [-0.39, 0.29) is 12.0 Å². The Kier molecular flexibility index (Phi) is 3.81. The molecule has 1 saturated heterocycles. The van der Waals surface area contributed by atoms with Gasteiger partial charge in [-0.05, 0) is 50.3 Å². The predicted molar refractivity (Wildman–Crippen MR) is 74.9 cm³/mol. The Bertz CT molecular complexity index is 441. The van der Waals surface area contributed by atoms with Gasteiger partial charge in [-0.1, -0.05) is 0 Å². The van der Waals surface area contributed by atoms with Gasteiger partial charge in [-0.2, -0.15) is 0 Å². The quantitative estimate of drug-likeness (QED) is 0.849. The summed E-state index contributed by atoms with van der Waals surface area (Å²) in [7, 11) is 0. The highest BCUT2D eigenvalue weighted by atomic mass is 32.1. The molecule has 0 atom stereocenters. The zero-order chi connectivity index (χ0) is 13.1. The van der Waals surface area contributed by atoms with Crippen LogP contribution in [0.1, 0.15) is 20.3 Å². The number of nitrogens with one attached hydrogen (secondary N) is 1. The molecule has 5 heteroatoms. The van der Waals surface area contributed by atoms with Crippen molar-refractivity contribution < 1.29 is 9.53 Å². The van der Waals surface area contributed by atoms with Crippen LogP contribution in [0, 0.1) is 0 Å². The second-order valence-corrected chi connectivity index (χ2v) is 4.76. The molecule has 1 amide bonds. The van der Waals surface area contributed by atoms with E-state index in [1.54, 1.807) is 0 Å². The fourth-order valence-corrected chi connectivity index (χ4v) is 2.10. The summed E-state index contributed by atoms with van der Waals surface area (Å²) >= 11 is 5.15. The van der Waals surface area contributed by atoms with E-state index in [9.17, 15) is 4.79 Å². The number of ether oxygens (including phenoxy) is 1. The molecule has 1 N–H and O–H groups in total. The van der Waals surface area contributed by atoms with Gasteiger partial charge in [0.2, 0.25) is 5.91 Å². The SMILES string of the molecule is CC(C)Oc1ccc(N2C(=O)CCNC2=S)cc1. The fourth-order valence-electron chi connectivity index (χ4n) is 1.79. The largest absolute Gasteiger partial charge is 0.491 e. The van der Waals surface area contributed by atoms with E-state index in [1.807, 2.05) is 38.1 Å². The van der Waals surface area contributed by atoms with Crippen molar-refractivity contribution in [2.75, 3.05) is 11.4 Å². The van der Waals surface area contributed by atoms with Crippen LogP contribution in [-0.2, 0) is 4.79 Å². The van der Waals surface area contributed by atoms with E-state index in [0.717, 1.165) is 11.4 Å². The number of nitrogens with zero attached hydrogens (tertiary/aromatic N) is 1. The molecule has 0 aliphatic carbocycles. The summed E-state index contributed by atoms with van der Waals surface area (Å²) in [6, 6.07) is 7.38. The lowest BCUT2D eigenvalue weighted by atomic mass is 10.2. The molecule has 1 aromatic rings. The van der Waals surface area contributed by atoms with Gasteiger partial charge in [0, 0.05) is 13.0 Å². The molecule has 1 aromatic carbocycles. The van der Waals surface area contributed by atoms with Crippen LogP contribution in [0.4, 0.5) is 5.69 Å². The van der Waals surface area contributed by atoms with E-state index in [4.69, 9.17) is 17.0 Å². The number of anilines is 1. The third-order valence-electron chi connectivity index (χ3n) is 2.53. The summed E-state index contributed by atoms with van der Waals surface area (Å²) in [6.45, 7) is 4.56. The maximum Gasteiger partial charge on any atom is 0.235 e. The van der Waals surface area contributed by atoms with E-state index in [0.29, 0.717) is 18.1 Å². The normalized spacial score (nSPS) is 15.8. The molecule has 2 rings (SSSR count). The summed E-state index contributed by atoms with van der Waals surface area (Å²) in [5.41, 5.74) is 0.772. The summed E-state index contributed by atoms with van der Waals surface area (Å²) in [5.74, 6) is 0.813. The molecule has 0 bridgehead atoms. The van der Waals surface area contributed by atoms with Gasteiger partial charge in [0.05, 0.1) is 11.8 Å². The van der Waals surface area contributed by atoms with E-state index >= 15 is 0 Å². The van der Waals surface area contributed by atoms with Gasteiger partial charge >= 0.3 is 0 Å². The van der Waals surface area contributed by atoms with Gasteiger partial charge in [0.15, 0.2) is 5.11 Å². The molecule has 1 aliphatic heterocycles. The van der Waals surface area contributed by atoms with Crippen LogP contribution >= 0.6 is 12.2 Å². The van der Waals surface area contributed by atoms with E-state index in [1.165, 1.54) is 4.90 Å². The third kappa shape index (κ3) is 2.79. The number of benzene rings is 1. The smallest absolute Gasteiger partial charge is 0.235 e. The first-order valence-corrected chi connectivity index (χ1v) is 6.36. The number of hydrogen-bond donors (Lipinski definition) is 1. The zero-order valence-corrected chi connectivity index (χ0v) is 11.3. The summed E-state index contributed by atoms with van der Waals surface area (Å²) in [6.07, 6.45) is 0.597. The van der Waals surface area contributed by atoms with Crippen molar-refractivity contribution in [1.82, 2.24) is 5.32 Å². The molecule has 0 radical (unpaired) electrons. The van der Waals surface area contributed by atoms with Gasteiger partial charge in [-0.15, -0.1) is 0 Å². The second kappa shape index (κ2) is 5.35. The summed E-state index contributed by atoms with van der Waals surface area (Å²) < 4.78 is 5.56. The van der Waals surface area contributed by atoms with Gasteiger partial charge in [-0.3, -0.25) is 9.69 Å². The Labute approximate surface area is 112 Å². The molecule has 0 spiro atoms. The summed E-state index contributed by atoms with van der Waals surface area (Å²) in [5, 5.41) is 3.47. The van der Waals surface area contributed by atoms with Gasteiger partial charge in [0.1, 0.15) is 5.75 Å². The van der Waals surface area contributed by atoms with Gasteiger partial charge in [-0.25, -0.2) is 0 Å². The Balaban J connectivity index is 2.17. The van der Waals surface area contributed by atoms with Crippen LogP contribution in [0.25, 0.3) is 0 Å². The average Bonchev–Trinajstić information content (AvgIpc) is 2.30. The van der Waals surface area contributed by atoms with Crippen molar-refractivity contribution in [3.63, 3.8) is 0 Å². The molecule has 18 heavy (non-hydrogen) atoms. The van der Waals surface area contributed by atoms with Crippen LogP contribution < -0.4 is 15.0 Å². The maximum absolute atomic E-state index is 11.8. The minimum Gasteiger partial charge on any atom is -0.491 e. The lowest BCUT2D eigenvalue weighted by Gasteiger charge is -2.28. The Morgan fingerprint density at radius 1 is 1.33 bits per heavy atom. The van der Waals surface area contributed by atoms with Crippen LogP contribution in [-0.4, -0.2) is 23.7 Å². The fraction of sp³-hybridized carbons (Fsp3) is 0.385. The first kappa shape index (κ1) is 12.8. The number of carbonyl (C=O) groups excluding carboxylic acids is 1. The molecule has 0 saturated carbocycles. The molecular formula is C13H16N2O2S. The van der Waals surface area contributed by atoms with Crippen molar-refractivity contribution >= 4 is 28.9 Å². The maximum atomic E-state index is 11.8. The van der Waals surface area contributed by atoms with Crippen molar-refractivity contribution in [1.29, 1.82) is 0 Å².